The highest BCUT2D eigenvalue weighted by atomic mass is 15.2. The number of hydrogen-bond acceptors (Lipinski definition) is 2. The van der Waals surface area contributed by atoms with Gasteiger partial charge in [-0.2, -0.15) is 0 Å². The Morgan fingerprint density at radius 2 is 0.706 bits per heavy atom. The molecule has 0 aliphatic heterocycles. The monoisotopic (exact) mass is 666 g/mol. The number of anilines is 6. The van der Waals surface area contributed by atoms with E-state index in [1.54, 1.807) is 0 Å². The lowest BCUT2D eigenvalue weighted by atomic mass is 9.87. The summed E-state index contributed by atoms with van der Waals surface area (Å²) in [5.41, 5.74) is 17.5. The van der Waals surface area contributed by atoms with Crippen molar-refractivity contribution in [2.24, 2.45) is 0 Å². The van der Waals surface area contributed by atoms with Crippen LogP contribution < -0.4 is 9.80 Å². The Labute approximate surface area is 305 Å². The molecule has 0 saturated carbocycles. The van der Waals surface area contributed by atoms with E-state index < -0.39 is 0 Å². The molecule has 0 fully saturated rings. The molecule has 7 aromatic carbocycles. The van der Waals surface area contributed by atoms with E-state index in [1.165, 1.54) is 83.1 Å². The van der Waals surface area contributed by atoms with Crippen molar-refractivity contribution in [3.05, 3.63) is 166 Å². The van der Waals surface area contributed by atoms with Gasteiger partial charge >= 0.3 is 0 Å². The lowest BCUT2D eigenvalue weighted by molar-refractivity contribution is 0.590. The average molecular weight is 667 g/mol. The fourth-order valence-corrected chi connectivity index (χ4v) is 7.99. The first kappa shape index (κ1) is 34.1. The zero-order chi connectivity index (χ0) is 36.2. The van der Waals surface area contributed by atoms with Crippen molar-refractivity contribution in [2.45, 2.75) is 74.7 Å². The van der Waals surface area contributed by atoms with Crippen molar-refractivity contribution in [2.75, 3.05) is 9.80 Å². The van der Waals surface area contributed by atoms with Crippen LogP contribution in [-0.4, -0.2) is 0 Å². The molecule has 0 atom stereocenters. The van der Waals surface area contributed by atoms with Gasteiger partial charge in [0.2, 0.25) is 0 Å². The van der Waals surface area contributed by atoms with Gasteiger partial charge in [0.05, 0.1) is 11.4 Å². The highest BCUT2D eigenvalue weighted by Crippen LogP contribution is 2.43. The third-order valence-electron chi connectivity index (χ3n) is 10.3. The number of rotatable bonds is 6. The summed E-state index contributed by atoms with van der Waals surface area (Å²) in [5, 5.41) is 4.97. The summed E-state index contributed by atoms with van der Waals surface area (Å²) in [4.78, 5) is 4.86. The first-order valence-electron chi connectivity index (χ1n) is 18.2. The number of fused-ring (bicyclic) bond motifs is 3. The van der Waals surface area contributed by atoms with Gasteiger partial charge < -0.3 is 9.80 Å². The van der Waals surface area contributed by atoms with E-state index >= 15 is 0 Å². The van der Waals surface area contributed by atoms with Crippen molar-refractivity contribution in [3.8, 4) is 0 Å². The van der Waals surface area contributed by atoms with Crippen LogP contribution in [0.4, 0.5) is 34.1 Å². The molecular formula is C49H50N2. The maximum atomic E-state index is 2.44. The highest BCUT2D eigenvalue weighted by Gasteiger charge is 2.21. The maximum Gasteiger partial charge on any atom is 0.0520 e. The molecule has 0 aromatic heterocycles. The van der Waals surface area contributed by atoms with E-state index in [0.717, 1.165) is 17.1 Å². The molecule has 0 unspecified atom stereocenters. The molecule has 51 heavy (non-hydrogen) atoms. The Bertz CT molecular complexity index is 2360. The Kier molecular flexibility index (Phi) is 8.76. The highest BCUT2D eigenvalue weighted by molar-refractivity contribution is 6.10. The van der Waals surface area contributed by atoms with Gasteiger partial charge in [-0.05, 0) is 152 Å². The lowest BCUT2D eigenvalue weighted by Gasteiger charge is -2.30. The SMILES string of the molecule is Cc1ccc(N(c2ccc3c(ccc4cc(N(c5ccc(C(C)(C)C)cc5)c5c(C)cc(C)cc5C)ccc43)c2)c2c(C)cc(C)cc2C)cc1. The Hall–Kier alpha value is -5.34. The average Bonchev–Trinajstić information content (AvgIpc) is 3.07. The van der Waals surface area contributed by atoms with Crippen LogP contribution in [0.2, 0.25) is 0 Å². The van der Waals surface area contributed by atoms with Gasteiger partial charge in [-0.1, -0.05) is 110 Å². The molecule has 0 heterocycles. The zero-order valence-corrected chi connectivity index (χ0v) is 31.9. The van der Waals surface area contributed by atoms with E-state index in [-0.39, 0.29) is 5.41 Å². The van der Waals surface area contributed by atoms with Gasteiger partial charge in [0.1, 0.15) is 0 Å². The van der Waals surface area contributed by atoms with Gasteiger partial charge in [-0.3, -0.25) is 0 Å². The van der Waals surface area contributed by atoms with Crippen molar-refractivity contribution >= 4 is 55.7 Å². The molecular weight excluding hydrogens is 617 g/mol. The van der Waals surface area contributed by atoms with E-state index in [9.17, 15) is 0 Å². The molecule has 2 nitrogen and oxygen atoms in total. The van der Waals surface area contributed by atoms with Crippen molar-refractivity contribution in [1.29, 1.82) is 0 Å². The summed E-state index contributed by atoms with van der Waals surface area (Å²) in [5.74, 6) is 0. The number of nitrogens with zero attached hydrogens (tertiary/aromatic N) is 2. The molecule has 0 spiro atoms. The van der Waals surface area contributed by atoms with E-state index in [4.69, 9.17) is 0 Å². The molecule has 0 aliphatic rings. The Morgan fingerprint density at radius 3 is 1.08 bits per heavy atom. The van der Waals surface area contributed by atoms with Gasteiger partial charge in [0.25, 0.3) is 0 Å². The molecule has 2 heteroatoms. The summed E-state index contributed by atoms with van der Waals surface area (Å²) in [6, 6.07) is 45.7. The fraction of sp³-hybridized carbons (Fsp3) is 0.224. The predicted octanol–water partition coefficient (Wildman–Crippen LogP) is 14.4. The van der Waals surface area contributed by atoms with E-state index in [0.29, 0.717) is 0 Å². The summed E-state index contributed by atoms with van der Waals surface area (Å²) in [6.07, 6.45) is 0. The summed E-state index contributed by atoms with van der Waals surface area (Å²) in [6.45, 7) is 22.2. The second-order valence-electron chi connectivity index (χ2n) is 15.7. The molecule has 0 N–H and O–H groups in total. The van der Waals surface area contributed by atoms with Crippen molar-refractivity contribution < 1.29 is 0 Å². The van der Waals surface area contributed by atoms with Gasteiger partial charge in [-0.15, -0.1) is 0 Å². The third-order valence-corrected chi connectivity index (χ3v) is 10.3. The first-order valence-corrected chi connectivity index (χ1v) is 18.2. The van der Waals surface area contributed by atoms with Gasteiger partial charge in [-0.25, -0.2) is 0 Å². The molecule has 7 aromatic rings. The second kappa shape index (κ2) is 13.1. The maximum absolute atomic E-state index is 2.44. The minimum atomic E-state index is 0.0951. The summed E-state index contributed by atoms with van der Waals surface area (Å²) < 4.78 is 0. The minimum Gasteiger partial charge on any atom is -0.310 e. The molecule has 0 aliphatic carbocycles. The molecule has 0 saturated heterocycles. The molecule has 0 bridgehead atoms. The Morgan fingerprint density at radius 1 is 0.353 bits per heavy atom. The van der Waals surface area contributed by atoms with Gasteiger partial charge in [0, 0.05) is 22.7 Å². The van der Waals surface area contributed by atoms with Crippen molar-refractivity contribution in [3.63, 3.8) is 0 Å². The van der Waals surface area contributed by atoms with Crippen LogP contribution in [0.1, 0.15) is 65.3 Å². The van der Waals surface area contributed by atoms with Crippen LogP contribution in [0.3, 0.4) is 0 Å². The molecule has 7 rings (SSSR count). The quantitative estimate of drug-likeness (QED) is 0.163. The van der Waals surface area contributed by atoms with E-state index in [1.807, 2.05) is 0 Å². The Balaban J connectivity index is 1.36. The second-order valence-corrected chi connectivity index (χ2v) is 15.7. The third kappa shape index (κ3) is 6.52. The normalized spacial score (nSPS) is 11.7. The van der Waals surface area contributed by atoms with Crippen LogP contribution in [-0.2, 0) is 5.41 Å². The summed E-state index contributed by atoms with van der Waals surface area (Å²) in [7, 11) is 0. The molecule has 256 valence electrons. The number of aryl methyl sites for hydroxylation is 7. The molecule has 0 amide bonds. The fourth-order valence-electron chi connectivity index (χ4n) is 7.99. The number of hydrogen-bond donors (Lipinski definition) is 0. The van der Waals surface area contributed by atoms with Gasteiger partial charge in [0.15, 0.2) is 0 Å². The topological polar surface area (TPSA) is 6.48 Å². The standard InChI is InChI=1S/C49H50N2/c1-31-11-17-41(18-12-31)50(47-34(4)25-32(2)26-35(47)5)43-21-23-45-38(29-43)13-14-39-30-44(22-24-46(39)45)51(48-36(6)27-33(3)28-37(48)7)42-19-15-40(16-20-42)49(8,9)10/h11-30H,1-10H3. The van der Waals surface area contributed by atoms with Crippen LogP contribution in [0.15, 0.2) is 121 Å². The van der Waals surface area contributed by atoms with Crippen LogP contribution in [0.5, 0.6) is 0 Å². The molecule has 0 radical (unpaired) electrons. The first-order chi connectivity index (χ1) is 24.3. The lowest BCUT2D eigenvalue weighted by Crippen LogP contribution is -2.15. The number of benzene rings is 7. The smallest absolute Gasteiger partial charge is 0.0520 e. The van der Waals surface area contributed by atoms with Crippen molar-refractivity contribution in [1.82, 2.24) is 0 Å². The van der Waals surface area contributed by atoms with Crippen LogP contribution >= 0.6 is 0 Å². The van der Waals surface area contributed by atoms with Crippen LogP contribution in [0.25, 0.3) is 21.5 Å². The largest absolute Gasteiger partial charge is 0.310 e. The van der Waals surface area contributed by atoms with Crippen LogP contribution in [0, 0.1) is 48.5 Å². The summed E-state index contributed by atoms with van der Waals surface area (Å²) >= 11 is 0. The predicted molar refractivity (Wildman–Crippen MR) is 223 cm³/mol. The minimum absolute atomic E-state index is 0.0951. The van der Waals surface area contributed by atoms with E-state index in [2.05, 4.69) is 200 Å². The zero-order valence-electron chi connectivity index (χ0n) is 31.9.